The molecule has 0 heterocycles. The molecule has 0 spiro atoms. The Balaban J connectivity index is 4.13. The van der Waals surface area contributed by atoms with Gasteiger partial charge < -0.3 is 10.0 Å². The van der Waals surface area contributed by atoms with E-state index in [4.69, 9.17) is 5.11 Å². The maximum atomic E-state index is 11.1. The number of hydrogen-bond donors (Lipinski definition) is 1. The van der Waals surface area contributed by atoms with Gasteiger partial charge in [0.1, 0.15) is 5.75 Å². The first-order chi connectivity index (χ1) is 5.72. The van der Waals surface area contributed by atoms with Gasteiger partial charge in [0.05, 0.1) is 6.10 Å². The zero-order valence-electron chi connectivity index (χ0n) is 8.02. The van der Waals surface area contributed by atoms with E-state index in [1.165, 1.54) is 18.9 Å². The second-order valence-electron chi connectivity index (χ2n) is 3.19. The van der Waals surface area contributed by atoms with Crippen molar-refractivity contribution < 1.29 is 18.3 Å². The van der Waals surface area contributed by atoms with E-state index < -0.39 is 27.6 Å². The van der Waals surface area contributed by atoms with E-state index in [1.54, 1.807) is 0 Å². The minimum absolute atomic E-state index is 0.147. The van der Waals surface area contributed by atoms with Crippen LogP contribution >= 0.6 is 0 Å². The SMILES string of the molecule is CC(O)CN(C)C(=O)CS(C)(=O)=O. The van der Waals surface area contributed by atoms with Gasteiger partial charge in [-0.3, -0.25) is 4.79 Å². The van der Waals surface area contributed by atoms with Crippen molar-refractivity contribution in [3.05, 3.63) is 0 Å². The fourth-order valence-electron chi connectivity index (χ4n) is 0.833. The molecule has 0 aliphatic rings. The number of carbonyl (C=O) groups is 1. The van der Waals surface area contributed by atoms with Gasteiger partial charge >= 0.3 is 0 Å². The largest absolute Gasteiger partial charge is 0.392 e. The molecule has 78 valence electrons. The minimum atomic E-state index is -3.28. The first kappa shape index (κ1) is 12.4. The highest BCUT2D eigenvalue weighted by Crippen LogP contribution is 1.92. The summed E-state index contributed by atoms with van der Waals surface area (Å²) < 4.78 is 21.4. The van der Waals surface area contributed by atoms with Gasteiger partial charge in [-0.1, -0.05) is 0 Å². The van der Waals surface area contributed by atoms with Crippen LogP contribution in [0.2, 0.25) is 0 Å². The molecule has 0 rings (SSSR count). The van der Waals surface area contributed by atoms with E-state index in [1.807, 2.05) is 0 Å². The molecule has 0 aromatic rings. The third kappa shape index (κ3) is 6.53. The molecular formula is C7H15NO4S. The molecule has 0 saturated heterocycles. The molecule has 0 radical (unpaired) electrons. The lowest BCUT2D eigenvalue weighted by Gasteiger charge is -2.17. The number of aliphatic hydroxyl groups excluding tert-OH is 1. The highest BCUT2D eigenvalue weighted by molar-refractivity contribution is 7.91. The van der Waals surface area contributed by atoms with Crippen LogP contribution in [0.5, 0.6) is 0 Å². The molecule has 0 aliphatic carbocycles. The normalized spacial score (nSPS) is 13.8. The molecule has 0 aliphatic heterocycles. The van der Waals surface area contributed by atoms with E-state index in [9.17, 15) is 13.2 Å². The monoisotopic (exact) mass is 209 g/mol. The van der Waals surface area contributed by atoms with Gasteiger partial charge in [0, 0.05) is 19.8 Å². The molecule has 5 nitrogen and oxygen atoms in total. The highest BCUT2D eigenvalue weighted by atomic mass is 32.2. The van der Waals surface area contributed by atoms with Crippen LogP contribution < -0.4 is 0 Å². The maximum Gasteiger partial charge on any atom is 0.237 e. The summed E-state index contributed by atoms with van der Waals surface area (Å²) >= 11 is 0. The van der Waals surface area contributed by atoms with E-state index in [0.717, 1.165) is 6.26 Å². The van der Waals surface area contributed by atoms with Crippen LogP contribution in [0.25, 0.3) is 0 Å². The van der Waals surface area contributed by atoms with Crippen molar-refractivity contribution in [2.45, 2.75) is 13.0 Å². The van der Waals surface area contributed by atoms with Crippen molar-refractivity contribution in [3.63, 3.8) is 0 Å². The summed E-state index contributed by atoms with van der Waals surface area (Å²) in [6, 6.07) is 0. The van der Waals surface area contributed by atoms with Gasteiger partial charge in [-0.25, -0.2) is 8.42 Å². The summed E-state index contributed by atoms with van der Waals surface area (Å²) in [6.45, 7) is 1.68. The van der Waals surface area contributed by atoms with Gasteiger partial charge in [0.15, 0.2) is 9.84 Å². The fourth-order valence-corrected chi connectivity index (χ4v) is 1.50. The van der Waals surface area contributed by atoms with E-state index >= 15 is 0 Å². The van der Waals surface area contributed by atoms with Crippen molar-refractivity contribution in [3.8, 4) is 0 Å². The number of hydrogen-bond acceptors (Lipinski definition) is 4. The Labute approximate surface area is 78.3 Å². The Morgan fingerprint density at radius 1 is 1.54 bits per heavy atom. The van der Waals surface area contributed by atoms with Crippen LogP contribution in [-0.4, -0.2) is 56.0 Å². The quantitative estimate of drug-likeness (QED) is 0.636. The number of likely N-dealkylation sites (N-methyl/N-ethyl adjacent to an activating group) is 1. The Bertz CT molecular complexity index is 270. The smallest absolute Gasteiger partial charge is 0.237 e. The van der Waals surface area contributed by atoms with Crippen LogP contribution in [0, 0.1) is 0 Å². The average molecular weight is 209 g/mol. The number of carbonyl (C=O) groups excluding carboxylic acids is 1. The van der Waals surface area contributed by atoms with E-state index in [-0.39, 0.29) is 6.54 Å². The molecule has 0 saturated carbocycles. The highest BCUT2D eigenvalue weighted by Gasteiger charge is 2.16. The van der Waals surface area contributed by atoms with Gasteiger partial charge in [-0.05, 0) is 6.92 Å². The van der Waals surface area contributed by atoms with Crippen molar-refractivity contribution in [2.24, 2.45) is 0 Å². The zero-order valence-corrected chi connectivity index (χ0v) is 8.84. The van der Waals surface area contributed by atoms with Crippen LogP contribution in [0.4, 0.5) is 0 Å². The molecule has 1 atom stereocenters. The number of aliphatic hydroxyl groups is 1. The molecule has 0 bridgehead atoms. The average Bonchev–Trinajstić information content (AvgIpc) is 1.81. The van der Waals surface area contributed by atoms with Crippen molar-refractivity contribution in [1.82, 2.24) is 4.90 Å². The topological polar surface area (TPSA) is 74.7 Å². The Hall–Kier alpha value is -0.620. The van der Waals surface area contributed by atoms with Crippen LogP contribution in [0.3, 0.4) is 0 Å². The lowest BCUT2D eigenvalue weighted by Crippen LogP contribution is -2.36. The molecule has 0 aromatic carbocycles. The fraction of sp³-hybridized carbons (Fsp3) is 0.857. The third-order valence-electron chi connectivity index (χ3n) is 1.35. The first-order valence-corrected chi connectivity index (χ1v) is 5.88. The Kier molecular flexibility index (Phi) is 4.35. The predicted octanol–water partition coefficient (Wildman–Crippen LogP) is -1.13. The predicted molar refractivity (Wildman–Crippen MR) is 49.0 cm³/mol. The lowest BCUT2D eigenvalue weighted by molar-refractivity contribution is -0.128. The molecular weight excluding hydrogens is 194 g/mol. The second-order valence-corrected chi connectivity index (χ2v) is 5.33. The van der Waals surface area contributed by atoms with Crippen molar-refractivity contribution in [2.75, 3.05) is 25.6 Å². The number of rotatable bonds is 4. The summed E-state index contributed by atoms with van der Waals surface area (Å²) in [7, 11) is -1.82. The Morgan fingerprint density at radius 2 is 2.00 bits per heavy atom. The second kappa shape index (κ2) is 4.57. The van der Waals surface area contributed by atoms with Crippen LogP contribution in [0.1, 0.15) is 6.92 Å². The summed E-state index contributed by atoms with van der Waals surface area (Å²) in [5, 5.41) is 8.93. The van der Waals surface area contributed by atoms with Crippen LogP contribution in [-0.2, 0) is 14.6 Å². The summed E-state index contributed by atoms with van der Waals surface area (Å²) in [5.74, 6) is -1.00. The number of sulfone groups is 1. The number of amides is 1. The van der Waals surface area contributed by atoms with Crippen molar-refractivity contribution in [1.29, 1.82) is 0 Å². The molecule has 13 heavy (non-hydrogen) atoms. The van der Waals surface area contributed by atoms with Gasteiger partial charge in [-0.2, -0.15) is 0 Å². The standard InChI is InChI=1S/C7H15NO4S/c1-6(9)4-8(2)7(10)5-13(3,11)12/h6,9H,4-5H2,1-3H3. The van der Waals surface area contributed by atoms with Crippen LogP contribution in [0.15, 0.2) is 0 Å². The van der Waals surface area contributed by atoms with Gasteiger partial charge in [0.25, 0.3) is 0 Å². The van der Waals surface area contributed by atoms with E-state index in [0.29, 0.717) is 0 Å². The molecule has 0 aromatic heterocycles. The number of nitrogens with zero attached hydrogens (tertiary/aromatic N) is 1. The molecule has 1 amide bonds. The third-order valence-corrected chi connectivity index (χ3v) is 2.12. The Morgan fingerprint density at radius 3 is 2.31 bits per heavy atom. The molecule has 0 fully saturated rings. The molecule has 6 heteroatoms. The lowest BCUT2D eigenvalue weighted by atomic mass is 10.4. The summed E-state index contributed by atoms with van der Waals surface area (Å²) in [5.41, 5.74) is 0. The molecule has 1 N–H and O–H groups in total. The van der Waals surface area contributed by atoms with E-state index in [2.05, 4.69) is 0 Å². The summed E-state index contributed by atoms with van der Waals surface area (Å²) in [6.07, 6.45) is 0.356. The van der Waals surface area contributed by atoms with Gasteiger partial charge in [0.2, 0.25) is 5.91 Å². The minimum Gasteiger partial charge on any atom is -0.392 e. The van der Waals surface area contributed by atoms with Crippen molar-refractivity contribution >= 4 is 15.7 Å². The maximum absolute atomic E-state index is 11.1. The summed E-state index contributed by atoms with van der Waals surface area (Å²) in [4.78, 5) is 12.3. The molecule has 1 unspecified atom stereocenters. The van der Waals surface area contributed by atoms with Gasteiger partial charge in [-0.15, -0.1) is 0 Å². The zero-order chi connectivity index (χ0) is 10.6. The first-order valence-electron chi connectivity index (χ1n) is 3.82.